The highest BCUT2D eigenvalue weighted by atomic mass is 35.5. The summed E-state index contributed by atoms with van der Waals surface area (Å²) in [5.41, 5.74) is 12.6. The van der Waals surface area contributed by atoms with Gasteiger partial charge in [-0.2, -0.15) is 10.2 Å². The van der Waals surface area contributed by atoms with Gasteiger partial charge in [0.05, 0.1) is 17.6 Å². The molecule has 3 aliphatic rings. The monoisotopic (exact) mass is 708 g/mol. The third kappa shape index (κ3) is 5.74. The number of benzene rings is 3. The van der Waals surface area contributed by atoms with Gasteiger partial charge in [0, 0.05) is 39.2 Å². The van der Waals surface area contributed by atoms with Crippen molar-refractivity contribution in [2.24, 2.45) is 16.9 Å². The van der Waals surface area contributed by atoms with Gasteiger partial charge in [-0.3, -0.25) is 33.3 Å². The Labute approximate surface area is 295 Å². The minimum Gasteiger partial charge on any atom is -0.464 e. The minimum atomic E-state index is -0.826. The highest BCUT2D eigenvalue weighted by Gasteiger charge is 2.68. The summed E-state index contributed by atoms with van der Waals surface area (Å²) in [6, 6.07) is 20.1. The zero-order valence-electron chi connectivity index (χ0n) is 27.2. The number of amides is 4. The molecule has 5 aromatic rings. The van der Waals surface area contributed by atoms with E-state index in [1.54, 1.807) is 53.4 Å². The van der Waals surface area contributed by atoms with Gasteiger partial charge in [0.15, 0.2) is 11.4 Å². The number of nitrogens with zero attached hydrogens (tertiary/aromatic N) is 5. The van der Waals surface area contributed by atoms with Crippen LogP contribution < -0.4 is 16.8 Å². The number of rotatable bonds is 11. The van der Waals surface area contributed by atoms with E-state index in [2.05, 4.69) is 15.5 Å². The van der Waals surface area contributed by atoms with E-state index in [9.17, 15) is 24.0 Å². The first-order chi connectivity index (χ1) is 24.5. The summed E-state index contributed by atoms with van der Waals surface area (Å²) in [6.45, 7) is -0.515. The van der Waals surface area contributed by atoms with Gasteiger partial charge in [0.25, 0.3) is 11.8 Å². The second kappa shape index (κ2) is 12.2. The average molecular weight is 709 g/mol. The fourth-order valence-electron chi connectivity index (χ4n) is 7.64. The summed E-state index contributed by atoms with van der Waals surface area (Å²) in [7, 11) is 0. The molecule has 0 bridgehead atoms. The maximum atomic E-state index is 14.1. The quantitative estimate of drug-likeness (QED) is 0.174. The van der Waals surface area contributed by atoms with Crippen molar-refractivity contribution in [3.05, 3.63) is 94.8 Å². The lowest BCUT2D eigenvalue weighted by Gasteiger charge is -2.27. The summed E-state index contributed by atoms with van der Waals surface area (Å²) in [5, 5.41) is 13.4. The first-order valence-electron chi connectivity index (χ1n) is 16.6. The highest BCUT2D eigenvalue weighted by Crippen LogP contribution is 2.60. The van der Waals surface area contributed by atoms with Crippen LogP contribution in [0.2, 0.25) is 5.02 Å². The zero-order chi connectivity index (χ0) is 35.6. The molecule has 0 radical (unpaired) electrons. The molecule has 1 aliphatic heterocycles. The van der Waals surface area contributed by atoms with Crippen LogP contribution in [0.15, 0.2) is 72.8 Å². The van der Waals surface area contributed by atoms with E-state index < -0.39 is 29.2 Å². The number of carbonyl (C=O) groups is 5. The van der Waals surface area contributed by atoms with Gasteiger partial charge in [-0.15, -0.1) is 0 Å². The number of hydrogen-bond donors (Lipinski definition) is 3. The Morgan fingerprint density at radius 1 is 0.824 bits per heavy atom. The Kier molecular flexibility index (Phi) is 7.78. The van der Waals surface area contributed by atoms with Crippen molar-refractivity contribution in [2.75, 3.05) is 6.61 Å². The van der Waals surface area contributed by atoms with Crippen molar-refractivity contribution in [3.8, 4) is 0 Å². The van der Waals surface area contributed by atoms with Crippen molar-refractivity contribution in [1.29, 1.82) is 0 Å². The number of para-hydroxylation sites is 2. The topological polar surface area (TPSA) is 198 Å². The summed E-state index contributed by atoms with van der Waals surface area (Å²) >= 11 is 6.42. The maximum Gasteiger partial charge on any atom is 0.327 e. The minimum absolute atomic E-state index is 0.0197. The number of aromatic nitrogens is 4. The third-order valence-corrected chi connectivity index (χ3v) is 10.6. The van der Waals surface area contributed by atoms with Gasteiger partial charge in [-0.05, 0) is 43.0 Å². The lowest BCUT2D eigenvalue weighted by Crippen LogP contribution is -2.49. The van der Waals surface area contributed by atoms with E-state index in [1.165, 1.54) is 9.36 Å². The van der Waals surface area contributed by atoms with E-state index in [0.29, 0.717) is 33.2 Å². The van der Waals surface area contributed by atoms with Crippen molar-refractivity contribution < 1.29 is 28.7 Å². The third-order valence-electron chi connectivity index (χ3n) is 10.3. The molecule has 1 saturated heterocycles. The number of ether oxygens (including phenoxy) is 1. The Morgan fingerprint density at radius 2 is 1.41 bits per heavy atom. The molecule has 15 heteroatoms. The van der Waals surface area contributed by atoms with E-state index in [1.807, 2.05) is 24.3 Å². The number of carbonyl (C=O) groups excluding carboxylic acids is 5. The first-order valence-corrected chi connectivity index (χ1v) is 16.9. The molecular formula is C36H33ClN8O6. The summed E-state index contributed by atoms with van der Waals surface area (Å²) < 4.78 is 8.57. The molecule has 51 heavy (non-hydrogen) atoms. The van der Waals surface area contributed by atoms with Crippen molar-refractivity contribution in [3.63, 3.8) is 0 Å². The Hall–Kier alpha value is -5.76. The van der Waals surface area contributed by atoms with Gasteiger partial charge >= 0.3 is 5.97 Å². The van der Waals surface area contributed by atoms with Gasteiger partial charge in [-0.25, -0.2) is 0 Å². The number of nitrogens with one attached hydrogen (secondary N) is 1. The van der Waals surface area contributed by atoms with Crippen molar-refractivity contribution >= 4 is 63.0 Å². The molecule has 3 heterocycles. The first kappa shape index (κ1) is 32.4. The van der Waals surface area contributed by atoms with Crippen LogP contribution in [-0.2, 0) is 32.2 Å². The predicted octanol–water partition coefficient (Wildman–Crippen LogP) is 2.51. The van der Waals surface area contributed by atoms with Crippen molar-refractivity contribution in [2.45, 2.75) is 56.4 Å². The molecule has 3 fully saturated rings. The molecule has 5 atom stereocenters. The van der Waals surface area contributed by atoms with Crippen LogP contribution in [-0.4, -0.2) is 78.8 Å². The fraction of sp³-hybridized carbons (Fsp3) is 0.306. The lowest BCUT2D eigenvalue weighted by atomic mass is 10.00. The molecule has 5 N–H and O–H groups in total. The molecule has 8 rings (SSSR count). The van der Waals surface area contributed by atoms with Crippen molar-refractivity contribution in [1.82, 2.24) is 29.8 Å². The fourth-order valence-corrected chi connectivity index (χ4v) is 7.91. The SMILES string of the molecule is NC(=O)c1nn(CC(=O)OC[C@@]23C[C@@H](C(=O)N[C@@H]4C[C@H]4c4ccccc4Cl)N(C(=O)Cn4nc(C(N)=O)c5ccccc54)[C@@H]2C3)c2ccccc12. The van der Waals surface area contributed by atoms with Crippen LogP contribution in [0.25, 0.3) is 21.8 Å². The number of primary amides is 2. The Balaban J connectivity index is 1.01. The summed E-state index contributed by atoms with van der Waals surface area (Å²) in [6.07, 6.45) is 1.54. The summed E-state index contributed by atoms with van der Waals surface area (Å²) in [5.74, 6) is -2.62. The number of piperidine rings is 1. The van der Waals surface area contributed by atoms with E-state index in [4.69, 9.17) is 27.8 Å². The smallest absolute Gasteiger partial charge is 0.327 e. The van der Waals surface area contributed by atoms with Crippen LogP contribution in [0.3, 0.4) is 0 Å². The highest BCUT2D eigenvalue weighted by molar-refractivity contribution is 6.31. The molecule has 14 nitrogen and oxygen atoms in total. The van der Waals surface area contributed by atoms with Gasteiger partial charge in [-0.1, -0.05) is 66.2 Å². The van der Waals surface area contributed by atoms with Gasteiger partial charge in [0.1, 0.15) is 19.1 Å². The Morgan fingerprint density at radius 3 is 2.04 bits per heavy atom. The molecule has 2 aliphatic carbocycles. The van der Waals surface area contributed by atoms with Crippen LogP contribution in [0, 0.1) is 5.41 Å². The predicted molar refractivity (Wildman–Crippen MR) is 184 cm³/mol. The standard InChI is InChI=1S/C36H33ClN8O6/c37-23-10-4-1-7-19(23)22-13-24(22)40-35(50)27-14-36(18-51-30(47)17-44-26-12-6-3-9-21(26)32(42-44)34(39)49)15-28(36)45(27)29(46)16-43-25-11-5-2-8-20(25)31(41-43)33(38)48/h1-12,22,24,27-28H,13-18H2,(H2,38,48)(H2,39,49)(H,40,50)/t22-,24+,27-,28+,36-/m0/s1. The number of halogens is 1. The second-order valence-corrected chi connectivity index (χ2v) is 13.9. The number of likely N-dealkylation sites (tertiary alicyclic amines) is 1. The molecule has 0 spiro atoms. The maximum absolute atomic E-state index is 14.1. The molecule has 2 aromatic heterocycles. The number of esters is 1. The molecular weight excluding hydrogens is 676 g/mol. The second-order valence-electron chi connectivity index (χ2n) is 13.5. The zero-order valence-corrected chi connectivity index (χ0v) is 28.0. The van der Waals surface area contributed by atoms with E-state index in [-0.39, 0.29) is 67.3 Å². The Bertz CT molecular complexity index is 2280. The number of nitrogens with two attached hydrogens (primary N) is 2. The van der Waals surface area contributed by atoms with Crippen LogP contribution in [0.1, 0.15) is 51.7 Å². The average Bonchev–Trinajstić information content (AvgIpc) is 3.89. The van der Waals surface area contributed by atoms with Crippen LogP contribution >= 0.6 is 11.6 Å². The lowest BCUT2D eigenvalue weighted by molar-refractivity contribution is -0.146. The molecule has 260 valence electrons. The van der Waals surface area contributed by atoms with Crippen LogP contribution in [0.5, 0.6) is 0 Å². The number of fused-ring (bicyclic) bond motifs is 3. The van der Waals surface area contributed by atoms with E-state index >= 15 is 0 Å². The number of hydrogen-bond acceptors (Lipinski definition) is 8. The molecule has 2 saturated carbocycles. The molecule has 0 unspecified atom stereocenters. The van der Waals surface area contributed by atoms with Gasteiger partial charge < -0.3 is 26.4 Å². The largest absolute Gasteiger partial charge is 0.464 e. The summed E-state index contributed by atoms with van der Waals surface area (Å²) in [4.78, 5) is 66.8. The molecule has 4 amide bonds. The normalized spacial score (nSPS) is 23.2. The molecule has 3 aromatic carbocycles. The van der Waals surface area contributed by atoms with E-state index in [0.717, 1.165) is 12.0 Å². The van der Waals surface area contributed by atoms with Crippen LogP contribution in [0.4, 0.5) is 0 Å². The van der Waals surface area contributed by atoms with Gasteiger partial charge in [0.2, 0.25) is 11.8 Å².